The minimum absolute atomic E-state index is 0.124. The Kier molecular flexibility index (Phi) is 5.90. The van der Waals surface area contributed by atoms with Crippen molar-refractivity contribution in [1.82, 2.24) is 25.2 Å². The summed E-state index contributed by atoms with van der Waals surface area (Å²) in [4.78, 5) is 52.1. The van der Waals surface area contributed by atoms with Gasteiger partial charge in [0.15, 0.2) is 5.69 Å². The number of H-pyrrole nitrogens is 1. The molecule has 0 saturated carbocycles. The third kappa shape index (κ3) is 3.88. The van der Waals surface area contributed by atoms with E-state index in [1.54, 1.807) is 11.1 Å². The van der Waals surface area contributed by atoms with Gasteiger partial charge in [-0.05, 0) is 48.1 Å². The molecule has 178 valence electrons. The molecule has 0 spiro atoms. The Morgan fingerprint density at radius 3 is 2.77 bits per heavy atom. The number of amides is 2. The maximum Gasteiger partial charge on any atom is 0.295 e. The highest BCUT2D eigenvalue weighted by Crippen LogP contribution is 2.37. The van der Waals surface area contributed by atoms with Gasteiger partial charge in [-0.3, -0.25) is 19.4 Å². The average Bonchev–Trinajstić information content (AvgIpc) is 3.36. The van der Waals surface area contributed by atoms with Crippen molar-refractivity contribution in [3.05, 3.63) is 71.0 Å². The molecule has 3 aromatic rings. The highest BCUT2D eigenvalue weighted by atomic mass is 16.5. The number of ketones is 1. The molecule has 9 nitrogen and oxygen atoms in total. The predicted octanol–water partition coefficient (Wildman–Crippen LogP) is 2.92. The van der Waals surface area contributed by atoms with Crippen LogP contribution in [0.15, 0.2) is 54.0 Å². The molecule has 2 aliphatic rings. The Bertz CT molecular complexity index is 1400. The van der Waals surface area contributed by atoms with Crippen molar-refractivity contribution < 1.29 is 19.1 Å². The first-order chi connectivity index (χ1) is 17.0. The van der Waals surface area contributed by atoms with Gasteiger partial charge in [0.1, 0.15) is 5.75 Å². The molecule has 1 aliphatic heterocycles. The molecular formula is C26H25N5O4. The van der Waals surface area contributed by atoms with E-state index in [1.807, 2.05) is 18.2 Å². The fraction of sp³-hybridized carbons (Fsp3) is 0.269. The van der Waals surface area contributed by atoms with Crippen molar-refractivity contribution >= 4 is 34.1 Å². The third-order valence-electron chi connectivity index (χ3n) is 6.56. The van der Waals surface area contributed by atoms with Crippen molar-refractivity contribution in [2.24, 2.45) is 0 Å². The van der Waals surface area contributed by atoms with E-state index in [1.165, 1.54) is 37.7 Å². The van der Waals surface area contributed by atoms with Crippen LogP contribution < -0.4 is 10.1 Å². The smallest absolute Gasteiger partial charge is 0.295 e. The number of aromatic nitrogens is 3. The van der Waals surface area contributed by atoms with Crippen molar-refractivity contribution in [1.29, 1.82) is 0 Å². The summed E-state index contributed by atoms with van der Waals surface area (Å²) in [6, 6.07) is 5.85. The molecule has 4 heterocycles. The van der Waals surface area contributed by atoms with Gasteiger partial charge >= 0.3 is 0 Å². The highest BCUT2D eigenvalue weighted by molar-refractivity contribution is 6.45. The van der Waals surface area contributed by atoms with Crippen molar-refractivity contribution in [2.45, 2.75) is 19.3 Å². The lowest BCUT2D eigenvalue weighted by molar-refractivity contribution is -0.126. The van der Waals surface area contributed by atoms with Crippen LogP contribution >= 0.6 is 0 Å². The number of aromatic amines is 1. The molecule has 1 aliphatic carbocycles. The van der Waals surface area contributed by atoms with Crippen LogP contribution in [0.5, 0.6) is 5.75 Å². The largest absolute Gasteiger partial charge is 0.494 e. The zero-order valence-electron chi connectivity index (χ0n) is 19.6. The summed E-state index contributed by atoms with van der Waals surface area (Å²) in [7, 11) is 2.95. The van der Waals surface area contributed by atoms with E-state index in [-0.39, 0.29) is 11.3 Å². The second kappa shape index (κ2) is 9.17. The summed E-state index contributed by atoms with van der Waals surface area (Å²) in [5.41, 5.74) is 5.08. The molecule has 2 N–H and O–H groups in total. The van der Waals surface area contributed by atoms with E-state index < -0.39 is 17.6 Å². The molecular weight excluding hydrogens is 446 g/mol. The van der Waals surface area contributed by atoms with Gasteiger partial charge in [0, 0.05) is 32.5 Å². The standard InChI is InChI=1S/C26H25N5O4/c1-27-25(33)23-22-21(20(35-2)13-30-23)18(12-29-22)24(32)26(34)31-11-9-16-15(14-31)6-5-7-17(16)19-8-3-4-10-28-19/h3-4,7-8,10,12-13,29H,5-6,9,11,14H2,1-2H3,(H,27,33). The van der Waals surface area contributed by atoms with Crippen LogP contribution in [-0.2, 0) is 4.79 Å². The number of nitrogens with one attached hydrogen (secondary N) is 2. The second-order valence-corrected chi connectivity index (χ2v) is 8.47. The minimum Gasteiger partial charge on any atom is -0.494 e. The molecule has 3 aromatic heterocycles. The number of rotatable bonds is 5. The van der Waals surface area contributed by atoms with E-state index in [4.69, 9.17) is 4.74 Å². The van der Waals surface area contributed by atoms with Gasteiger partial charge in [0.05, 0.1) is 35.5 Å². The summed E-state index contributed by atoms with van der Waals surface area (Å²) >= 11 is 0. The summed E-state index contributed by atoms with van der Waals surface area (Å²) in [5, 5.41) is 2.90. The molecule has 5 rings (SSSR count). The van der Waals surface area contributed by atoms with Crippen LogP contribution in [0.1, 0.15) is 45.8 Å². The average molecular weight is 472 g/mol. The minimum atomic E-state index is -0.649. The van der Waals surface area contributed by atoms with Crippen LogP contribution in [0.4, 0.5) is 0 Å². The number of hydrogen-bond donors (Lipinski definition) is 2. The monoisotopic (exact) mass is 471 g/mol. The molecule has 0 bridgehead atoms. The van der Waals surface area contributed by atoms with Crippen molar-refractivity contribution in [2.75, 3.05) is 27.2 Å². The number of carbonyl (C=O) groups is 3. The van der Waals surface area contributed by atoms with Crippen LogP contribution in [0, 0.1) is 0 Å². The van der Waals surface area contributed by atoms with E-state index in [0.717, 1.165) is 24.1 Å². The molecule has 2 amide bonds. The van der Waals surface area contributed by atoms with Crippen molar-refractivity contribution in [3.63, 3.8) is 0 Å². The number of hydrogen-bond acceptors (Lipinski definition) is 6. The Hall–Kier alpha value is -4.27. The molecule has 0 radical (unpaired) electrons. The summed E-state index contributed by atoms with van der Waals surface area (Å²) in [5.74, 6) is -1.32. The van der Waals surface area contributed by atoms with E-state index in [2.05, 4.69) is 26.3 Å². The van der Waals surface area contributed by atoms with Crippen LogP contribution in [-0.4, -0.2) is 64.7 Å². The van der Waals surface area contributed by atoms with E-state index in [0.29, 0.717) is 36.2 Å². The molecule has 0 unspecified atom stereocenters. The molecule has 0 fully saturated rings. The molecule has 35 heavy (non-hydrogen) atoms. The Labute approximate surface area is 201 Å². The molecule has 0 aromatic carbocycles. The van der Waals surface area contributed by atoms with E-state index in [9.17, 15) is 14.4 Å². The van der Waals surface area contributed by atoms with Gasteiger partial charge in [-0.2, -0.15) is 0 Å². The van der Waals surface area contributed by atoms with Gasteiger partial charge in [-0.15, -0.1) is 0 Å². The number of Topliss-reactive ketones (excluding diaryl/α,β-unsaturated/α-hetero) is 1. The zero-order chi connectivity index (χ0) is 24.5. The molecule has 0 saturated heterocycles. The maximum absolute atomic E-state index is 13.4. The fourth-order valence-electron chi connectivity index (χ4n) is 4.85. The van der Waals surface area contributed by atoms with Gasteiger partial charge in [-0.1, -0.05) is 12.1 Å². The normalized spacial score (nSPS) is 15.5. The van der Waals surface area contributed by atoms with Gasteiger partial charge < -0.3 is 19.9 Å². The fourth-order valence-corrected chi connectivity index (χ4v) is 4.85. The zero-order valence-corrected chi connectivity index (χ0v) is 19.6. The first kappa shape index (κ1) is 22.5. The van der Waals surface area contributed by atoms with Crippen LogP contribution in [0.3, 0.4) is 0 Å². The van der Waals surface area contributed by atoms with Crippen LogP contribution in [0.2, 0.25) is 0 Å². The summed E-state index contributed by atoms with van der Waals surface area (Å²) in [6.45, 7) is 0.854. The number of ether oxygens (including phenoxy) is 1. The maximum atomic E-state index is 13.4. The number of fused-ring (bicyclic) bond motifs is 1. The lowest BCUT2D eigenvalue weighted by Crippen LogP contribution is -2.41. The van der Waals surface area contributed by atoms with Crippen molar-refractivity contribution in [3.8, 4) is 5.75 Å². The lowest BCUT2D eigenvalue weighted by atomic mass is 9.84. The Balaban J connectivity index is 1.43. The lowest BCUT2D eigenvalue weighted by Gasteiger charge is -2.33. The summed E-state index contributed by atoms with van der Waals surface area (Å²) in [6.07, 6.45) is 9.20. The molecule has 9 heteroatoms. The quantitative estimate of drug-likeness (QED) is 0.437. The number of allylic oxidation sites excluding steroid dienone is 2. The van der Waals surface area contributed by atoms with Crippen LogP contribution in [0.25, 0.3) is 16.5 Å². The predicted molar refractivity (Wildman–Crippen MR) is 130 cm³/mol. The summed E-state index contributed by atoms with van der Waals surface area (Å²) < 4.78 is 5.38. The second-order valence-electron chi connectivity index (χ2n) is 8.47. The van der Waals surface area contributed by atoms with Gasteiger partial charge in [-0.25, -0.2) is 4.98 Å². The van der Waals surface area contributed by atoms with Gasteiger partial charge in [0.25, 0.3) is 17.6 Å². The SMILES string of the molecule is CNC(=O)c1ncc(OC)c2c(C(=O)C(=O)N3CCC4=C(CCC=C4c4ccccn4)C3)c[nH]c12. The first-order valence-electron chi connectivity index (χ1n) is 11.5. The number of pyridine rings is 2. The van der Waals surface area contributed by atoms with E-state index >= 15 is 0 Å². The highest BCUT2D eigenvalue weighted by Gasteiger charge is 2.32. The third-order valence-corrected chi connectivity index (χ3v) is 6.56. The number of methoxy groups -OCH3 is 1. The first-order valence-corrected chi connectivity index (χ1v) is 11.5. The Morgan fingerprint density at radius 1 is 1.17 bits per heavy atom. The molecule has 0 atom stereocenters. The number of carbonyl (C=O) groups excluding carboxylic acids is 3. The van der Waals surface area contributed by atoms with Gasteiger partial charge in [0.2, 0.25) is 0 Å². The Morgan fingerprint density at radius 2 is 2.03 bits per heavy atom. The topological polar surface area (TPSA) is 117 Å². The number of nitrogens with zero attached hydrogens (tertiary/aromatic N) is 3.